The van der Waals surface area contributed by atoms with E-state index in [2.05, 4.69) is 9.97 Å². The summed E-state index contributed by atoms with van der Waals surface area (Å²) in [7, 11) is 0. The SMILES string of the molecule is Cc1ccc(Cl)cc1Oc1cc(N)nc(C(C)C)n1. The van der Waals surface area contributed by atoms with Crippen molar-refractivity contribution in [1.29, 1.82) is 0 Å². The van der Waals surface area contributed by atoms with Gasteiger partial charge in [0.25, 0.3) is 0 Å². The fraction of sp³-hybridized carbons (Fsp3) is 0.286. The molecule has 0 unspecified atom stereocenters. The van der Waals surface area contributed by atoms with Gasteiger partial charge in [-0.2, -0.15) is 4.98 Å². The number of hydrogen-bond acceptors (Lipinski definition) is 4. The maximum absolute atomic E-state index is 5.96. The second kappa shape index (κ2) is 5.45. The lowest BCUT2D eigenvalue weighted by molar-refractivity contribution is 0.454. The molecule has 0 spiro atoms. The average molecular weight is 278 g/mol. The summed E-state index contributed by atoms with van der Waals surface area (Å²) >= 11 is 5.96. The number of nitrogens with zero attached hydrogens (tertiary/aromatic N) is 2. The second-order valence-electron chi connectivity index (χ2n) is 4.66. The van der Waals surface area contributed by atoms with Gasteiger partial charge in [-0.1, -0.05) is 31.5 Å². The number of anilines is 1. The number of benzene rings is 1. The molecule has 0 fully saturated rings. The maximum atomic E-state index is 5.96. The Labute approximate surface area is 117 Å². The number of rotatable bonds is 3. The fourth-order valence-corrected chi connectivity index (χ4v) is 1.73. The lowest BCUT2D eigenvalue weighted by atomic mass is 10.2. The van der Waals surface area contributed by atoms with Gasteiger partial charge in [-0.3, -0.25) is 0 Å². The Hall–Kier alpha value is -1.81. The van der Waals surface area contributed by atoms with Crippen LogP contribution in [0.3, 0.4) is 0 Å². The summed E-state index contributed by atoms with van der Waals surface area (Å²) in [6.45, 7) is 5.95. The number of nitrogen functional groups attached to an aromatic ring is 1. The van der Waals surface area contributed by atoms with E-state index in [4.69, 9.17) is 22.1 Å². The van der Waals surface area contributed by atoms with E-state index in [1.807, 2.05) is 32.9 Å². The molecule has 0 bridgehead atoms. The standard InChI is InChI=1S/C14H16ClN3O/c1-8(2)14-17-12(16)7-13(18-14)19-11-6-10(15)5-4-9(11)3/h4-8H,1-3H3,(H2,16,17,18). The number of halogens is 1. The topological polar surface area (TPSA) is 61.0 Å². The lowest BCUT2D eigenvalue weighted by Crippen LogP contribution is -2.03. The van der Waals surface area contributed by atoms with Crippen molar-refractivity contribution < 1.29 is 4.74 Å². The summed E-state index contributed by atoms with van der Waals surface area (Å²) in [5.41, 5.74) is 6.74. The van der Waals surface area contributed by atoms with Gasteiger partial charge in [0.1, 0.15) is 17.4 Å². The molecule has 0 saturated heterocycles. The normalized spacial score (nSPS) is 10.8. The molecule has 19 heavy (non-hydrogen) atoms. The third-order valence-electron chi connectivity index (χ3n) is 2.62. The fourth-order valence-electron chi connectivity index (χ4n) is 1.57. The third-order valence-corrected chi connectivity index (χ3v) is 2.86. The predicted molar refractivity (Wildman–Crippen MR) is 76.8 cm³/mol. The molecular weight excluding hydrogens is 262 g/mol. The van der Waals surface area contributed by atoms with Gasteiger partial charge in [0.05, 0.1) is 0 Å². The van der Waals surface area contributed by atoms with Gasteiger partial charge in [-0.25, -0.2) is 4.98 Å². The smallest absolute Gasteiger partial charge is 0.224 e. The molecule has 0 aliphatic heterocycles. The van der Waals surface area contributed by atoms with Crippen molar-refractivity contribution in [2.24, 2.45) is 0 Å². The summed E-state index contributed by atoms with van der Waals surface area (Å²) in [6, 6.07) is 7.07. The highest BCUT2D eigenvalue weighted by Crippen LogP contribution is 2.28. The third kappa shape index (κ3) is 3.35. The van der Waals surface area contributed by atoms with Crippen molar-refractivity contribution in [2.45, 2.75) is 26.7 Å². The van der Waals surface area contributed by atoms with Crippen molar-refractivity contribution in [3.05, 3.63) is 40.7 Å². The molecule has 1 aromatic carbocycles. The summed E-state index contributed by atoms with van der Waals surface area (Å²) < 4.78 is 5.75. The molecule has 2 rings (SSSR count). The van der Waals surface area contributed by atoms with E-state index >= 15 is 0 Å². The number of nitrogens with two attached hydrogens (primary N) is 1. The van der Waals surface area contributed by atoms with Crippen LogP contribution in [0, 0.1) is 6.92 Å². The Morgan fingerprint density at radius 3 is 2.63 bits per heavy atom. The average Bonchev–Trinajstić information content (AvgIpc) is 2.33. The number of aromatic nitrogens is 2. The second-order valence-corrected chi connectivity index (χ2v) is 5.09. The monoisotopic (exact) mass is 277 g/mol. The predicted octanol–water partition coefficient (Wildman–Crippen LogP) is 3.94. The summed E-state index contributed by atoms with van der Waals surface area (Å²) in [5, 5.41) is 0.617. The van der Waals surface area contributed by atoms with Crippen LogP contribution in [0.4, 0.5) is 5.82 Å². The molecule has 4 nitrogen and oxygen atoms in total. The van der Waals surface area contributed by atoms with Crippen LogP contribution >= 0.6 is 11.6 Å². The van der Waals surface area contributed by atoms with Gasteiger partial charge in [0, 0.05) is 17.0 Å². The molecule has 0 aliphatic rings. The number of hydrogen-bond donors (Lipinski definition) is 1. The Morgan fingerprint density at radius 2 is 1.95 bits per heavy atom. The van der Waals surface area contributed by atoms with Gasteiger partial charge >= 0.3 is 0 Å². The number of aryl methyl sites for hydroxylation is 1. The maximum Gasteiger partial charge on any atom is 0.224 e. The van der Waals surface area contributed by atoms with Crippen LogP contribution in [0.15, 0.2) is 24.3 Å². The zero-order valence-electron chi connectivity index (χ0n) is 11.1. The van der Waals surface area contributed by atoms with Gasteiger partial charge in [-0.05, 0) is 24.6 Å². The molecule has 1 aromatic heterocycles. The van der Waals surface area contributed by atoms with E-state index in [9.17, 15) is 0 Å². The zero-order chi connectivity index (χ0) is 14.0. The minimum absolute atomic E-state index is 0.186. The molecule has 0 aliphatic carbocycles. The quantitative estimate of drug-likeness (QED) is 0.923. The zero-order valence-corrected chi connectivity index (χ0v) is 11.9. The highest BCUT2D eigenvalue weighted by atomic mass is 35.5. The van der Waals surface area contributed by atoms with E-state index in [1.54, 1.807) is 12.1 Å². The Bertz CT molecular complexity index is 599. The van der Waals surface area contributed by atoms with E-state index in [0.717, 1.165) is 5.56 Å². The number of ether oxygens (including phenoxy) is 1. The molecule has 0 atom stereocenters. The van der Waals surface area contributed by atoms with Crippen molar-refractivity contribution in [1.82, 2.24) is 9.97 Å². The summed E-state index contributed by atoms with van der Waals surface area (Å²) in [6.07, 6.45) is 0. The van der Waals surface area contributed by atoms with Crippen molar-refractivity contribution in [3.63, 3.8) is 0 Å². The molecule has 5 heteroatoms. The van der Waals surface area contributed by atoms with Crippen LogP contribution in [0.2, 0.25) is 5.02 Å². The van der Waals surface area contributed by atoms with E-state index in [1.165, 1.54) is 0 Å². The van der Waals surface area contributed by atoms with E-state index < -0.39 is 0 Å². The molecule has 1 heterocycles. The molecule has 0 amide bonds. The van der Waals surface area contributed by atoms with Gasteiger partial charge in [0.15, 0.2) is 0 Å². The summed E-state index contributed by atoms with van der Waals surface area (Å²) in [4.78, 5) is 8.52. The lowest BCUT2D eigenvalue weighted by Gasteiger charge is -2.11. The summed E-state index contributed by atoms with van der Waals surface area (Å²) in [5.74, 6) is 2.34. The Kier molecular flexibility index (Phi) is 3.90. The van der Waals surface area contributed by atoms with Gasteiger partial charge in [0.2, 0.25) is 5.88 Å². The molecule has 0 radical (unpaired) electrons. The van der Waals surface area contributed by atoms with Crippen molar-refractivity contribution in [2.75, 3.05) is 5.73 Å². The van der Waals surface area contributed by atoms with Gasteiger partial charge in [-0.15, -0.1) is 0 Å². The van der Waals surface area contributed by atoms with Crippen LogP contribution in [0.5, 0.6) is 11.6 Å². The van der Waals surface area contributed by atoms with E-state index in [-0.39, 0.29) is 5.92 Å². The molecule has 2 aromatic rings. The van der Waals surface area contributed by atoms with Crippen LogP contribution in [0.25, 0.3) is 0 Å². The molecule has 2 N–H and O–H groups in total. The largest absolute Gasteiger partial charge is 0.439 e. The molecule has 0 saturated carbocycles. The minimum atomic E-state index is 0.186. The van der Waals surface area contributed by atoms with Crippen LogP contribution in [-0.4, -0.2) is 9.97 Å². The van der Waals surface area contributed by atoms with Crippen LogP contribution in [0.1, 0.15) is 31.2 Å². The van der Waals surface area contributed by atoms with Crippen molar-refractivity contribution >= 4 is 17.4 Å². The van der Waals surface area contributed by atoms with E-state index in [0.29, 0.717) is 28.3 Å². The van der Waals surface area contributed by atoms with Crippen molar-refractivity contribution in [3.8, 4) is 11.6 Å². The minimum Gasteiger partial charge on any atom is -0.439 e. The first kappa shape index (κ1) is 13.6. The first-order chi connectivity index (χ1) is 8.95. The molecule has 100 valence electrons. The highest BCUT2D eigenvalue weighted by Gasteiger charge is 2.09. The first-order valence-electron chi connectivity index (χ1n) is 6.04. The highest BCUT2D eigenvalue weighted by molar-refractivity contribution is 6.30. The Morgan fingerprint density at radius 1 is 1.21 bits per heavy atom. The first-order valence-corrected chi connectivity index (χ1v) is 6.42. The molecular formula is C14H16ClN3O. The van der Waals surface area contributed by atoms with Gasteiger partial charge < -0.3 is 10.5 Å². The van der Waals surface area contributed by atoms with Crippen LogP contribution in [-0.2, 0) is 0 Å². The Balaban J connectivity index is 2.35. The van der Waals surface area contributed by atoms with Crippen LogP contribution < -0.4 is 10.5 Å².